The molecule has 0 aromatic heterocycles. The largest absolute Gasteiger partial charge is 0.462 e. The maximum Gasteiger partial charge on any atom is 0.306 e. The molecule has 0 heterocycles. The van der Waals surface area contributed by atoms with Gasteiger partial charge in [0.25, 0.3) is 0 Å². The Morgan fingerprint density at radius 2 is 0.727 bits per heavy atom. The summed E-state index contributed by atoms with van der Waals surface area (Å²) in [6.45, 7) is 6.44. The summed E-state index contributed by atoms with van der Waals surface area (Å²) in [5, 5.41) is 0. The van der Waals surface area contributed by atoms with Crippen molar-refractivity contribution in [2.45, 2.75) is 232 Å². The number of unbranched alkanes of at least 4 members (excludes halogenated alkanes) is 22. The fraction of sp³-hybridized carbons (Fsp3) is 0.776. The van der Waals surface area contributed by atoms with Crippen LogP contribution in [0.3, 0.4) is 0 Å². The molecule has 0 aliphatic carbocycles. The summed E-state index contributed by atoms with van der Waals surface area (Å²) in [5.74, 6) is -0.947. The molecule has 0 bridgehead atoms. The van der Waals surface area contributed by atoms with Gasteiger partial charge in [0.05, 0.1) is 0 Å². The van der Waals surface area contributed by atoms with Gasteiger partial charge in [0.15, 0.2) is 6.10 Å². The average Bonchev–Trinajstić information content (AvgIpc) is 3.18. The standard InChI is InChI=1S/C49H86O6/c1-4-7-10-13-16-19-21-23-25-27-30-33-36-39-42-48(51)54-45-46(44-53-47(50)41-38-35-32-29-18-15-12-9-6-3)55-49(52)43-40-37-34-31-28-26-24-22-20-17-14-11-8-5-2/h7,10,16,19,23,25,29,32,46H,4-6,8-9,11-15,17-18,20-22,24,26-28,30-31,33-45H2,1-3H3/b10-7-,19-16-,25-23-,32-29-. The smallest absolute Gasteiger partial charge is 0.306 e. The molecule has 0 rings (SSSR count). The fourth-order valence-corrected chi connectivity index (χ4v) is 6.34. The van der Waals surface area contributed by atoms with E-state index in [1.807, 2.05) is 0 Å². The summed E-state index contributed by atoms with van der Waals surface area (Å²) in [6, 6.07) is 0. The van der Waals surface area contributed by atoms with Gasteiger partial charge in [-0.2, -0.15) is 0 Å². The Bertz CT molecular complexity index is 980. The van der Waals surface area contributed by atoms with E-state index in [1.54, 1.807) is 0 Å². The molecule has 0 aliphatic rings. The highest BCUT2D eigenvalue weighted by Gasteiger charge is 2.19. The van der Waals surface area contributed by atoms with Gasteiger partial charge >= 0.3 is 17.9 Å². The normalized spacial score (nSPS) is 12.4. The maximum atomic E-state index is 12.7. The topological polar surface area (TPSA) is 78.9 Å². The van der Waals surface area contributed by atoms with Crippen molar-refractivity contribution < 1.29 is 28.6 Å². The van der Waals surface area contributed by atoms with Crippen molar-refractivity contribution in [3.8, 4) is 0 Å². The number of carbonyl (C=O) groups is 3. The molecule has 0 spiro atoms. The zero-order valence-corrected chi connectivity index (χ0v) is 36.2. The Hall–Kier alpha value is -2.63. The second-order valence-corrected chi connectivity index (χ2v) is 15.3. The third-order valence-electron chi connectivity index (χ3n) is 9.82. The van der Waals surface area contributed by atoms with E-state index in [-0.39, 0.29) is 31.1 Å². The Labute approximate surface area is 339 Å². The van der Waals surface area contributed by atoms with Crippen LogP contribution in [0.15, 0.2) is 48.6 Å². The number of allylic oxidation sites excluding steroid dienone is 8. The van der Waals surface area contributed by atoms with Gasteiger partial charge in [-0.3, -0.25) is 14.4 Å². The SMILES string of the molecule is CC/C=C\C/C=C\C/C=C\CCCCCCC(=O)OCC(COC(=O)CCC/C=C\CCCCCC)OC(=O)CCCCCCCCCCCCCCCC. The van der Waals surface area contributed by atoms with Crippen LogP contribution in [-0.4, -0.2) is 37.2 Å². The van der Waals surface area contributed by atoms with E-state index in [2.05, 4.69) is 69.4 Å². The zero-order valence-electron chi connectivity index (χ0n) is 36.2. The van der Waals surface area contributed by atoms with Crippen molar-refractivity contribution in [1.82, 2.24) is 0 Å². The average molecular weight is 771 g/mol. The lowest BCUT2D eigenvalue weighted by Gasteiger charge is -2.18. The molecule has 0 amide bonds. The minimum atomic E-state index is -0.788. The minimum Gasteiger partial charge on any atom is -0.462 e. The molecule has 0 aliphatic heterocycles. The van der Waals surface area contributed by atoms with E-state index in [9.17, 15) is 14.4 Å². The van der Waals surface area contributed by atoms with Crippen molar-refractivity contribution in [3.63, 3.8) is 0 Å². The molecule has 0 N–H and O–H groups in total. The van der Waals surface area contributed by atoms with Gasteiger partial charge in [0.2, 0.25) is 0 Å². The van der Waals surface area contributed by atoms with E-state index < -0.39 is 6.10 Å². The Morgan fingerprint density at radius 1 is 0.382 bits per heavy atom. The summed E-state index contributed by atoms with van der Waals surface area (Å²) >= 11 is 0. The summed E-state index contributed by atoms with van der Waals surface area (Å²) in [7, 11) is 0. The zero-order chi connectivity index (χ0) is 40.1. The van der Waals surface area contributed by atoms with E-state index >= 15 is 0 Å². The van der Waals surface area contributed by atoms with Gasteiger partial charge in [0, 0.05) is 19.3 Å². The molecule has 0 aromatic rings. The van der Waals surface area contributed by atoms with Crippen LogP contribution in [0.1, 0.15) is 226 Å². The molecule has 318 valence electrons. The molecule has 0 saturated heterocycles. The number of esters is 3. The summed E-state index contributed by atoms with van der Waals surface area (Å²) in [6.07, 6.45) is 51.0. The Morgan fingerprint density at radius 3 is 1.22 bits per heavy atom. The van der Waals surface area contributed by atoms with Crippen LogP contribution in [-0.2, 0) is 28.6 Å². The van der Waals surface area contributed by atoms with E-state index in [1.165, 1.54) is 96.3 Å². The number of ether oxygens (including phenoxy) is 3. The first-order valence-corrected chi connectivity index (χ1v) is 23.1. The number of hydrogen-bond acceptors (Lipinski definition) is 6. The third kappa shape index (κ3) is 42.4. The monoisotopic (exact) mass is 771 g/mol. The number of rotatable bonds is 41. The predicted molar refractivity (Wildman–Crippen MR) is 233 cm³/mol. The summed E-state index contributed by atoms with van der Waals surface area (Å²) < 4.78 is 16.7. The second kappa shape index (κ2) is 44.1. The molecule has 0 radical (unpaired) electrons. The van der Waals surface area contributed by atoms with Gasteiger partial charge in [-0.1, -0.05) is 185 Å². The lowest BCUT2D eigenvalue weighted by molar-refractivity contribution is -0.167. The van der Waals surface area contributed by atoms with E-state index in [4.69, 9.17) is 14.2 Å². The summed E-state index contributed by atoms with van der Waals surface area (Å²) in [5.41, 5.74) is 0. The molecule has 6 nitrogen and oxygen atoms in total. The van der Waals surface area contributed by atoms with Gasteiger partial charge in [-0.15, -0.1) is 0 Å². The third-order valence-corrected chi connectivity index (χ3v) is 9.82. The van der Waals surface area contributed by atoms with Crippen molar-refractivity contribution in [3.05, 3.63) is 48.6 Å². The number of hydrogen-bond donors (Lipinski definition) is 0. The first kappa shape index (κ1) is 52.4. The first-order chi connectivity index (χ1) is 27.0. The number of carbonyl (C=O) groups excluding carboxylic acids is 3. The van der Waals surface area contributed by atoms with Gasteiger partial charge < -0.3 is 14.2 Å². The molecule has 55 heavy (non-hydrogen) atoms. The van der Waals surface area contributed by atoms with Crippen LogP contribution in [0.2, 0.25) is 0 Å². The van der Waals surface area contributed by atoms with E-state index in [0.717, 1.165) is 83.5 Å². The molecular weight excluding hydrogens is 685 g/mol. The van der Waals surface area contributed by atoms with Gasteiger partial charge in [0.1, 0.15) is 13.2 Å². The lowest BCUT2D eigenvalue weighted by Crippen LogP contribution is -2.30. The highest BCUT2D eigenvalue weighted by atomic mass is 16.6. The lowest BCUT2D eigenvalue weighted by atomic mass is 10.0. The highest BCUT2D eigenvalue weighted by Crippen LogP contribution is 2.14. The van der Waals surface area contributed by atoms with Crippen molar-refractivity contribution in [1.29, 1.82) is 0 Å². The quantitative estimate of drug-likeness (QED) is 0.0267. The fourth-order valence-electron chi connectivity index (χ4n) is 6.34. The molecule has 1 atom stereocenters. The first-order valence-electron chi connectivity index (χ1n) is 23.1. The van der Waals surface area contributed by atoms with Crippen LogP contribution in [0.5, 0.6) is 0 Å². The van der Waals surface area contributed by atoms with Crippen molar-refractivity contribution >= 4 is 17.9 Å². The van der Waals surface area contributed by atoms with Crippen molar-refractivity contribution in [2.24, 2.45) is 0 Å². The Kier molecular flexibility index (Phi) is 42.0. The highest BCUT2D eigenvalue weighted by molar-refractivity contribution is 5.71. The van der Waals surface area contributed by atoms with Crippen LogP contribution in [0, 0.1) is 0 Å². The minimum absolute atomic E-state index is 0.0918. The molecular formula is C49H86O6. The van der Waals surface area contributed by atoms with Crippen LogP contribution in [0.4, 0.5) is 0 Å². The van der Waals surface area contributed by atoms with E-state index in [0.29, 0.717) is 25.7 Å². The molecule has 0 saturated carbocycles. The maximum absolute atomic E-state index is 12.7. The predicted octanol–water partition coefficient (Wildman–Crippen LogP) is 14.8. The molecule has 0 aromatic carbocycles. The molecule has 6 heteroatoms. The Balaban J connectivity index is 4.40. The van der Waals surface area contributed by atoms with Crippen LogP contribution < -0.4 is 0 Å². The van der Waals surface area contributed by atoms with Gasteiger partial charge in [-0.25, -0.2) is 0 Å². The summed E-state index contributed by atoms with van der Waals surface area (Å²) in [4.78, 5) is 37.7. The molecule has 0 fully saturated rings. The molecule has 1 unspecified atom stereocenters. The second-order valence-electron chi connectivity index (χ2n) is 15.3. The van der Waals surface area contributed by atoms with Crippen LogP contribution in [0.25, 0.3) is 0 Å². The van der Waals surface area contributed by atoms with Gasteiger partial charge in [-0.05, 0) is 70.6 Å². The van der Waals surface area contributed by atoms with Crippen molar-refractivity contribution in [2.75, 3.05) is 13.2 Å². The van der Waals surface area contributed by atoms with Crippen LogP contribution >= 0.6 is 0 Å².